The fourth-order valence-corrected chi connectivity index (χ4v) is 4.58. The molecule has 4 aromatic rings. The summed E-state index contributed by atoms with van der Waals surface area (Å²) < 4.78 is 61.2. The number of hydrogen-bond acceptors (Lipinski definition) is 6. The third-order valence-corrected chi connectivity index (χ3v) is 6.24. The molecule has 4 rings (SSSR count). The molecule has 0 aliphatic heterocycles. The van der Waals surface area contributed by atoms with Crippen LogP contribution in [-0.2, 0) is 10.0 Å². The van der Waals surface area contributed by atoms with E-state index >= 15 is 0 Å². The quantitative estimate of drug-likeness (QED) is 0.303. The van der Waals surface area contributed by atoms with Gasteiger partial charge in [-0.25, -0.2) is 13.4 Å². The number of aromatic nitrogens is 2. The van der Waals surface area contributed by atoms with E-state index in [0.29, 0.717) is 11.1 Å². The van der Waals surface area contributed by atoms with Gasteiger partial charge < -0.3 is 4.74 Å². The van der Waals surface area contributed by atoms with Crippen molar-refractivity contribution in [3.8, 4) is 17.1 Å². The van der Waals surface area contributed by atoms with Gasteiger partial charge in [0.1, 0.15) is 16.5 Å². The zero-order valence-corrected chi connectivity index (χ0v) is 17.8. The number of nitrogens with zero attached hydrogens (tertiary/aromatic N) is 3. The number of nitro benzene ring substituents is 1. The standard InChI is InChI=1S/C21H16F2N4O5S/c1-32-18-11-10-15(27(28)29)12-19(18)33(30,31)25-14-8-6-13(7-9-14)20-24-16-4-2-3-5-17(16)26(20)21(22)23/h2-12,21,25H,1H3. The van der Waals surface area contributed by atoms with Crippen molar-refractivity contribution < 1.29 is 26.9 Å². The third kappa shape index (κ3) is 4.20. The third-order valence-electron chi connectivity index (χ3n) is 4.83. The van der Waals surface area contributed by atoms with Crippen LogP contribution in [0, 0.1) is 10.1 Å². The van der Waals surface area contributed by atoms with E-state index in [0.717, 1.165) is 16.7 Å². The van der Waals surface area contributed by atoms with Crippen LogP contribution in [0.15, 0.2) is 71.6 Å². The fourth-order valence-electron chi connectivity index (χ4n) is 3.33. The van der Waals surface area contributed by atoms with Crippen LogP contribution in [0.4, 0.5) is 20.2 Å². The van der Waals surface area contributed by atoms with E-state index in [2.05, 4.69) is 9.71 Å². The summed E-state index contributed by atoms with van der Waals surface area (Å²) in [6.45, 7) is -2.83. The molecule has 0 radical (unpaired) electrons. The van der Waals surface area contributed by atoms with Crippen LogP contribution in [0.25, 0.3) is 22.4 Å². The average Bonchev–Trinajstić information content (AvgIpc) is 3.18. The molecule has 0 bridgehead atoms. The van der Waals surface area contributed by atoms with Gasteiger partial charge >= 0.3 is 6.55 Å². The van der Waals surface area contributed by atoms with Crippen molar-refractivity contribution in [3.05, 3.63) is 76.8 Å². The zero-order valence-electron chi connectivity index (χ0n) is 17.0. The number of methoxy groups -OCH3 is 1. The average molecular weight is 474 g/mol. The lowest BCUT2D eigenvalue weighted by molar-refractivity contribution is -0.385. The second-order valence-corrected chi connectivity index (χ2v) is 8.50. The monoisotopic (exact) mass is 474 g/mol. The molecule has 12 heteroatoms. The topological polar surface area (TPSA) is 116 Å². The number of rotatable bonds is 7. The highest BCUT2D eigenvalue weighted by Gasteiger charge is 2.24. The minimum absolute atomic E-state index is 0.0287. The Morgan fingerprint density at radius 2 is 1.79 bits per heavy atom. The molecule has 1 N–H and O–H groups in total. The van der Waals surface area contributed by atoms with Crippen molar-refractivity contribution in [1.82, 2.24) is 9.55 Å². The van der Waals surface area contributed by atoms with Gasteiger partial charge in [-0.3, -0.25) is 19.4 Å². The van der Waals surface area contributed by atoms with Crippen LogP contribution in [0.5, 0.6) is 5.75 Å². The van der Waals surface area contributed by atoms with Gasteiger partial charge in [0, 0.05) is 23.4 Å². The lowest BCUT2D eigenvalue weighted by atomic mass is 10.2. The molecule has 0 amide bonds. The molecule has 3 aromatic carbocycles. The molecule has 0 fully saturated rings. The van der Waals surface area contributed by atoms with Gasteiger partial charge in [0.05, 0.1) is 23.1 Å². The normalized spacial score (nSPS) is 11.6. The van der Waals surface area contributed by atoms with Gasteiger partial charge in [-0.1, -0.05) is 12.1 Å². The number of non-ortho nitro benzene ring substituents is 1. The van der Waals surface area contributed by atoms with Gasteiger partial charge in [0.25, 0.3) is 15.7 Å². The number of hydrogen-bond donors (Lipinski definition) is 1. The van der Waals surface area contributed by atoms with E-state index in [9.17, 15) is 27.3 Å². The van der Waals surface area contributed by atoms with Gasteiger partial charge in [-0.15, -0.1) is 0 Å². The lowest BCUT2D eigenvalue weighted by Crippen LogP contribution is -2.14. The number of alkyl halides is 2. The number of anilines is 1. The second kappa shape index (κ2) is 8.47. The summed E-state index contributed by atoms with van der Waals surface area (Å²) in [7, 11) is -3.01. The number of para-hydroxylation sites is 2. The summed E-state index contributed by atoms with van der Waals surface area (Å²) in [5.74, 6) is -0.0451. The number of halogens is 2. The number of sulfonamides is 1. The summed E-state index contributed by atoms with van der Waals surface area (Å²) in [4.78, 5) is 14.2. The molecule has 170 valence electrons. The summed E-state index contributed by atoms with van der Waals surface area (Å²) >= 11 is 0. The van der Waals surface area contributed by atoms with Gasteiger partial charge in [-0.2, -0.15) is 8.78 Å². The molecule has 0 aliphatic rings. The van der Waals surface area contributed by atoms with Crippen LogP contribution in [0.2, 0.25) is 0 Å². The van der Waals surface area contributed by atoms with E-state index in [1.165, 1.54) is 43.5 Å². The molecular weight excluding hydrogens is 458 g/mol. The number of nitrogens with one attached hydrogen (secondary N) is 1. The summed E-state index contributed by atoms with van der Waals surface area (Å²) in [5.41, 5.74) is 0.715. The van der Waals surface area contributed by atoms with Crippen LogP contribution in [-0.4, -0.2) is 30.0 Å². The minimum Gasteiger partial charge on any atom is -0.495 e. The van der Waals surface area contributed by atoms with E-state index in [1.807, 2.05) is 0 Å². The van der Waals surface area contributed by atoms with Gasteiger partial charge in [0.15, 0.2) is 0 Å². The van der Waals surface area contributed by atoms with Gasteiger partial charge in [0.2, 0.25) is 0 Å². The number of nitro groups is 1. The summed E-state index contributed by atoms with van der Waals surface area (Å²) in [5, 5.41) is 11.0. The van der Waals surface area contributed by atoms with Crippen LogP contribution < -0.4 is 9.46 Å². The molecule has 0 aliphatic carbocycles. The summed E-state index contributed by atoms with van der Waals surface area (Å²) in [6, 6.07) is 15.3. The van der Waals surface area contributed by atoms with Crippen molar-refractivity contribution in [2.24, 2.45) is 0 Å². The molecule has 1 aromatic heterocycles. The van der Waals surface area contributed by atoms with Crippen molar-refractivity contribution in [2.45, 2.75) is 11.4 Å². The minimum atomic E-state index is -4.25. The molecule has 9 nitrogen and oxygen atoms in total. The Kier molecular flexibility index (Phi) is 5.68. The number of imidazole rings is 1. The smallest absolute Gasteiger partial charge is 0.320 e. The van der Waals surface area contributed by atoms with Crippen LogP contribution in [0.1, 0.15) is 6.55 Å². The number of benzene rings is 3. The fraction of sp³-hybridized carbons (Fsp3) is 0.0952. The maximum atomic E-state index is 13.7. The van der Waals surface area contributed by atoms with Crippen LogP contribution >= 0.6 is 0 Å². The van der Waals surface area contributed by atoms with Crippen molar-refractivity contribution in [2.75, 3.05) is 11.8 Å². The molecule has 1 heterocycles. The highest BCUT2D eigenvalue weighted by Crippen LogP contribution is 2.32. The van der Waals surface area contributed by atoms with Crippen molar-refractivity contribution >= 4 is 32.4 Å². The lowest BCUT2D eigenvalue weighted by Gasteiger charge is -2.12. The largest absolute Gasteiger partial charge is 0.495 e. The molecule has 0 spiro atoms. The Morgan fingerprint density at radius 3 is 2.42 bits per heavy atom. The zero-order chi connectivity index (χ0) is 23.8. The maximum absolute atomic E-state index is 13.7. The molecule has 0 saturated carbocycles. The Bertz CT molecular complexity index is 1450. The molecule has 0 atom stereocenters. The maximum Gasteiger partial charge on any atom is 0.320 e. The van der Waals surface area contributed by atoms with E-state index in [-0.39, 0.29) is 22.8 Å². The molecular formula is C21H16F2N4O5S. The highest BCUT2D eigenvalue weighted by molar-refractivity contribution is 7.92. The first-order valence-electron chi connectivity index (χ1n) is 9.42. The first kappa shape index (κ1) is 22.1. The molecule has 33 heavy (non-hydrogen) atoms. The van der Waals surface area contributed by atoms with E-state index < -0.39 is 32.1 Å². The van der Waals surface area contributed by atoms with E-state index in [4.69, 9.17) is 4.74 Å². The number of ether oxygens (including phenoxy) is 1. The van der Waals surface area contributed by atoms with Crippen LogP contribution in [0.3, 0.4) is 0 Å². The van der Waals surface area contributed by atoms with Gasteiger partial charge in [-0.05, 0) is 42.5 Å². The summed E-state index contributed by atoms with van der Waals surface area (Å²) in [6.07, 6.45) is 0. The highest BCUT2D eigenvalue weighted by atomic mass is 32.2. The predicted octanol–water partition coefficient (Wildman–Crippen LogP) is 4.82. The second-order valence-electron chi connectivity index (χ2n) is 6.85. The van der Waals surface area contributed by atoms with E-state index in [1.54, 1.807) is 18.2 Å². The Hall–Kier alpha value is -4.06. The first-order valence-corrected chi connectivity index (χ1v) is 10.9. The van der Waals surface area contributed by atoms with Crippen molar-refractivity contribution in [3.63, 3.8) is 0 Å². The molecule has 0 saturated heterocycles. The Morgan fingerprint density at radius 1 is 1.09 bits per heavy atom. The molecule has 0 unspecified atom stereocenters. The predicted molar refractivity (Wildman–Crippen MR) is 117 cm³/mol. The van der Waals surface area contributed by atoms with Crippen molar-refractivity contribution in [1.29, 1.82) is 0 Å². The first-order chi connectivity index (χ1) is 15.7. The Balaban J connectivity index is 1.68. The SMILES string of the molecule is COc1ccc([N+](=O)[O-])cc1S(=O)(=O)Nc1ccc(-c2nc3ccccc3n2C(F)F)cc1. The number of fused-ring (bicyclic) bond motifs is 1. The Labute approximate surface area is 186 Å².